The van der Waals surface area contributed by atoms with Crippen LogP contribution in [0.15, 0.2) is 24.3 Å². The van der Waals surface area contributed by atoms with Crippen molar-refractivity contribution < 1.29 is 14.6 Å². The summed E-state index contributed by atoms with van der Waals surface area (Å²) in [5.74, 6) is 0.453. The monoisotopic (exact) mass is 440 g/mol. The summed E-state index contributed by atoms with van der Waals surface area (Å²) in [5.41, 5.74) is 5.96. The highest BCUT2D eigenvalue weighted by Crippen LogP contribution is 2.36. The number of H-pyrrole nitrogens is 1. The van der Waals surface area contributed by atoms with E-state index in [4.69, 9.17) is 4.74 Å². The number of aliphatic hydroxyl groups excluding tert-OH is 1. The zero-order valence-electron chi connectivity index (χ0n) is 19.5. The maximum absolute atomic E-state index is 13.4. The fourth-order valence-corrected chi connectivity index (χ4v) is 4.92. The lowest BCUT2D eigenvalue weighted by molar-refractivity contribution is 0.0755. The van der Waals surface area contributed by atoms with Gasteiger partial charge < -0.3 is 19.6 Å². The fourth-order valence-electron chi connectivity index (χ4n) is 4.92. The molecule has 2 aliphatic heterocycles. The molecule has 0 radical (unpaired) electrons. The second-order valence-electron chi connectivity index (χ2n) is 9.44. The zero-order valence-corrected chi connectivity index (χ0v) is 19.5. The van der Waals surface area contributed by atoms with Crippen LogP contribution in [0.3, 0.4) is 0 Å². The van der Waals surface area contributed by atoms with E-state index in [0.29, 0.717) is 39.1 Å². The minimum atomic E-state index is -0.286. The molecule has 0 saturated carbocycles. The van der Waals surface area contributed by atoms with E-state index < -0.39 is 0 Å². The van der Waals surface area contributed by atoms with Gasteiger partial charge in [-0.3, -0.25) is 5.10 Å². The van der Waals surface area contributed by atoms with Crippen LogP contribution in [-0.2, 0) is 11.2 Å². The van der Waals surface area contributed by atoms with Crippen molar-refractivity contribution in [3.05, 3.63) is 52.3 Å². The molecule has 7 nitrogen and oxygen atoms in total. The van der Waals surface area contributed by atoms with Gasteiger partial charge in [0, 0.05) is 57.2 Å². The summed E-state index contributed by atoms with van der Waals surface area (Å²) in [4.78, 5) is 17.3. The third-order valence-corrected chi connectivity index (χ3v) is 7.10. The number of nitrogens with zero attached hydrogens (tertiary/aromatic N) is 3. The van der Waals surface area contributed by atoms with Crippen molar-refractivity contribution in [3.63, 3.8) is 0 Å². The van der Waals surface area contributed by atoms with Crippen LogP contribution in [0.4, 0.5) is 4.79 Å². The Labute approximate surface area is 190 Å². The Morgan fingerprint density at radius 3 is 2.59 bits per heavy atom. The number of nitrogens with one attached hydrogen (secondary N) is 1. The summed E-state index contributed by atoms with van der Waals surface area (Å²) >= 11 is 0. The van der Waals surface area contributed by atoms with Crippen LogP contribution in [0.25, 0.3) is 0 Å². The third-order valence-electron chi connectivity index (χ3n) is 7.10. The van der Waals surface area contributed by atoms with E-state index in [1.54, 1.807) is 7.11 Å². The first-order valence-electron chi connectivity index (χ1n) is 11.8. The van der Waals surface area contributed by atoms with Crippen LogP contribution in [-0.4, -0.2) is 77.1 Å². The van der Waals surface area contributed by atoms with Gasteiger partial charge in [-0.2, -0.15) is 5.10 Å². The molecule has 2 N–H and O–H groups in total. The minimum absolute atomic E-state index is 0.0885. The second-order valence-corrected chi connectivity index (χ2v) is 9.44. The number of hydrogen-bond donors (Lipinski definition) is 2. The largest absolute Gasteiger partial charge is 0.393 e. The Hall–Kier alpha value is -2.38. The molecule has 1 aromatic carbocycles. The lowest BCUT2D eigenvalue weighted by atomic mass is 9.82. The average molecular weight is 441 g/mol. The van der Waals surface area contributed by atoms with Crippen LogP contribution in [0.1, 0.15) is 59.2 Å². The van der Waals surface area contributed by atoms with Gasteiger partial charge in [-0.15, -0.1) is 0 Å². The molecule has 4 rings (SSSR count). The van der Waals surface area contributed by atoms with Crippen LogP contribution in [0.5, 0.6) is 0 Å². The number of ether oxygens (including phenoxy) is 1. The number of aromatic amines is 1. The predicted octanol–water partition coefficient (Wildman–Crippen LogP) is 3.37. The Bertz CT molecular complexity index is 920. The highest BCUT2D eigenvalue weighted by Gasteiger charge is 2.35. The molecule has 2 unspecified atom stereocenters. The molecule has 2 fully saturated rings. The first kappa shape index (κ1) is 22.8. The van der Waals surface area contributed by atoms with Crippen molar-refractivity contribution in [2.24, 2.45) is 0 Å². The number of benzene rings is 1. The van der Waals surface area contributed by atoms with Gasteiger partial charge in [-0.1, -0.05) is 18.2 Å². The van der Waals surface area contributed by atoms with E-state index in [1.807, 2.05) is 9.80 Å². The number of methoxy groups -OCH3 is 1. The highest BCUT2D eigenvalue weighted by molar-refractivity contribution is 5.75. The topological polar surface area (TPSA) is 81.7 Å². The van der Waals surface area contributed by atoms with Gasteiger partial charge in [0.2, 0.25) is 0 Å². The number of aromatic nitrogens is 2. The number of hydrogen-bond acceptors (Lipinski definition) is 4. The molecule has 0 bridgehead atoms. The smallest absolute Gasteiger partial charge is 0.320 e. The minimum Gasteiger partial charge on any atom is -0.393 e. The molecule has 0 spiro atoms. The first-order valence-corrected chi connectivity index (χ1v) is 11.8. The molecule has 2 saturated heterocycles. The Balaban J connectivity index is 1.56. The number of urea groups is 1. The standard InChI is InChI=1S/C25H36N4O3/c1-17-4-5-19(12-18(17)2)20-13-21(24-14-22(26-27-24)8-11-32-3)16-29(15-20)25(31)28-9-6-23(30)7-10-28/h4-5,12,14,20-21,23,30H,6-11,13,15-16H2,1-3H3,(H,26,27). The number of piperidine rings is 2. The second kappa shape index (κ2) is 10.0. The molecule has 0 aliphatic carbocycles. The molecule has 3 heterocycles. The maximum atomic E-state index is 13.4. The number of likely N-dealkylation sites (tertiary alicyclic amines) is 2. The summed E-state index contributed by atoms with van der Waals surface area (Å²) in [5, 5.41) is 17.6. The first-order chi connectivity index (χ1) is 15.4. The molecular formula is C25H36N4O3. The van der Waals surface area contributed by atoms with Crippen LogP contribution in [0.2, 0.25) is 0 Å². The van der Waals surface area contributed by atoms with Crippen LogP contribution >= 0.6 is 0 Å². The van der Waals surface area contributed by atoms with E-state index >= 15 is 0 Å². The molecular weight excluding hydrogens is 404 g/mol. The summed E-state index contributed by atoms with van der Waals surface area (Å²) in [6.07, 6.45) is 2.80. The van der Waals surface area contributed by atoms with Crippen LogP contribution < -0.4 is 0 Å². The van der Waals surface area contributed by atoms with E-state index in [2.05, 4.69) is 48.3 Å². The fraction of sp³-hybridized carbons (Fsp3) is 0.600. The summed E-state index contributed by atoms with van der Waals surface area (Å²) < 4.78 is 5.20. The lowest BCUT2D eigenvalue weighted by Gasteiger charge is -2.41. The van der Waals surface area contributed by atoms with E-state index in [0.717, 1.165) is 30.8 Å². The Morgan fingerprint density at radius 1 is 1.12 bits per heavy atom. The van der Waals surface area contributed by atoms with Crippen molar-refractivity contribution in [1.82, 2.24) is 20.0 Å². The lowest BCUT2D eigenvalue weighted by Crippen LogP contribution is -2.51. The van der Waals surface area contributed by atoms with Gasteiger partial charge in [-0.25, -0.2) is 4.79 Å². The summed E-state index contributed by atoms with van der Waals surface area (Å²) in [6, 6.07) is 8.89. The number of aliphatic hydroxyl groups is 1. The van der Waals surface area contributed by atoms with Gasteiger partial charge in [-0.05, 0) is 55.9 Å². The normalized spacial score (nSPS) is 22.4. The number of carbonyl (C=O) groups excluding carboxylic acids is 1. The molecule has 2 aromatic rings. The number of amides is 2. The Kier molecular flexibility index (Phi) is 7.16. The SMILES string of the molecule is COCCc1cc(C2CC(c3ccc(C)c(C)c3)CN(C(=O)N3CCC(O)CC3)C2)n[nH]1. The molecule has 2 amide bonds. The summed E-state index contributed by atoms with van der Waals surface area (Å²) in [7, 11) is 1.70. The van der Waals surface area contributed by atoms with Gasteiger partial charge in [0.25, 0.3) is 0 Å². The predicted molar refractivity (Wildman–Crippen MR) is 124 cm³/mol. The van der Waals surface area contributed by atoms with E-state index in [1.165, 1.54) is 16.7 Å². The van der Waals surface area contributed by atoms with Crippen molar-refractivity contribution in [1.29, 1.82) is 0 Å². The molecule has 174 valence electrons. The molecule has 2 atom stereocenters. The van der Waals surface area contributed by atoms with Gasteiger partial charge >= 0.3 is 6.03 Å². The quantitative estimate of drug-likeness (QED) is 0.747. The maximum Gasteiger partial charge on any atom is 0.320 e. The number of rotatable bonds is 5. The van der Waals surface area contributed by atoms with Crippen molar-refractivity contribution in [2.75, 3.05) is 39.9 Å². The zero-order chi connectivity index (χ0) is 22.7. The molecule has 7 heteroatoms. The Morgan fingerprint density at radius 2 is 1.88 bits per heavy atom. The summed E-state index contributed by atoms with van der Waals surface area (Å²) in [6.45, 7) is 7.58. The van der Waals surface area contributed by atoms with Crippen LogP contribution in [0, 0.1) is 13.8 Å². The molecule has 32 heavy (non-hydrogen) atoms. The van der Waals surface area contributed by atoms with Gasteiger partial charge in [0.05, 0.1) is 18.4 Å². The van der Waals surface area contributed by atoms with Crippen molar-refractivity contribution in [3.8, 4) is 0 Å². The van der Waals surface area contributed by atoms with Crippen molar-refractivity contribution in [2.45, 2.75) is 57.5 Å². The average Bonchev–Trinajstić information content (AvgIpc) is 3.28. The van der Waals surface area contributed by atoms with E-state index in [9.17, 15) is 9.90 Å². The number of carbonyl (C=O) groups is 1. The van der Waals surface area contributed by atoms with Crippen molar-refractivity contribution >= 4 is 6.03 Å². The van der Waals surface area contributed by atoms with E-state index in [-0.39, 0.29) is 24.0 Å². The van der Waals surface area contributed by atoms with Gasteiger partial charge in [0.1, 0.15) is 0 Å². The number of aryl methyl sites for hydroxylation is 2. The molecule has 1 aromatic heterocycles. The van der Waals surface area contributed by atoms with Gasteiger partial charge in [0.15, 0.2) is 0 Å². The third kappa shape index (κ3) is 5.15. The molecule has 2 aliphatic rings. The highest BCUT2D eigenvalue weighted by atomic mass is 16.5.